The van der Waals surface area contributed by atoms with Gasteiger partial charge in [-0.3, -0.25) is 0 Å². The Morgan fingerprint density at radius 1 is 0.917 bits per heavy atom. The van der Waals surface area contributed by atoms with Crippen molar-refractivity contribution < 1.29 is 5.11 Å². The monoisotopic (exact) mass is 324 g/mol. The summed E-state index contributed by atoms with van der Waals surface area (Å²) in [7, 11) is 0. The highest BCUT2D eigenvalue weighted by molar-refractivity contribution is 5.56. The number of hydrogen-bond donors (Lipinski definition) is 1. The van der Waals surface area contributed by atoms with Gasteiger partial charge < -0.3 is 5.11 Å². The van der Waals surface area contributed by atoms with Gasteiger partial charge in [-0.05, 0) is 53.2 Å². The minimum absolute atomic E-state index is 0.0633. The van der Waals surface area contributed by atoms with Crippen molar-refractivity contribution >= 4 is 0 Å². The molecule has 1 N–H and O–H groups in total. The van der Waals surface area contributed by atoms with Crippen molar-refractivity contribution in [2.45, 2.75) is 84.0 Å². The van der Waals surface area contributed by atoms with Crippen LogP contribution >= 0.6 is 0 Å². The zero-order valence-electron chi connectivity index (χ0n) is 16.2. The van der Waals surface area contributed by atoms with E-state index in [0.717, 1.165) is 11.1 Å². The molecule has 0 bridgehead atoms. The highest BCUT2D eigenvalue weighted by Crippen LogP contribution is 2.47. The molecule has 0 radical (unpaired) electrons. The van der Waals surface area contributed by atoms with Crippen LogP contribution in [0.5, 0.6) is 5.75 Å². The Bertz CT molecular complexity index is 705. The van der Waals surface area contributed by atoms with Gasteiger partial charge in [0.2, 0.25) is 0 Å². The third-order valence-corrected chi connectivity index (χ3v) is 5.57. The summed E-state index contributed by atoms with van der Waals surface area (Å²) in [5.41, 5.74) is 6.57. The van der Waals surface area contributed by atoms with Gasteiger partial charge in [0.25, 0.3) is 0 Å². The average Bonchev–Trinajstić information content (AvgIpc) is 2.89. The topological polar surface area (TPSA) is 20.2 Å². The van der Waals surface area contributed by atoms with Gasteiger partial charge in [0, 0.05) is 11.5 Å². The molecule has 1 aromatic rings. The van der Waals surface area contributed by atoms with Gasteiger partial charge in [-0.1, -0.05) is 71.4 Å². The molecule has 0 fully saturated rings. The Morgan fingerprint density at radius 3 is 2.21 bits per heavy atom. The van der Waals surface area contributed by atoms with Gasteiger partial charge >= 0.3 is 0 Å². The first-order valence-corrected chi connectivity index (χ1v) is 9.37. The molecule has 1 atom stereocenters. The maximum absolute atomic E-state index is 11.1. The summed E-state index contributed by atoms with van der Waals surface area (Å²) in [4.78, 5) is 0. The zero-order valence-corrected chi connectivity index (χ0v) is 16.2. The molecule has 1 heteroatoms. The summed E-state index contributed by atoms with van der Waals surface area (Å²) in [6.45, 7) is 13.3. The van der Waals surface area contributed by atoms with E-state index in [2.05, 4.69) is 65.8 Å². The fourth-order valence-corrected chi connectivity index (χ4v) is 4.02. The largest absolute Gasteiger partial charge is 0.507 e. The summed E-state index contributed by atoms with van der Waals surface area (Å²) >= 11 is 0. The first-order chi connectivity index (χ1) is 11.1. The molecule has 0 heterocycles. The van der Waals surface area contributed by atoms with E-state index in [1.165, 1.54) is 36.8 Å². The van der Waals surface area contributed by atoms with Crippen LogP contribution in [-0.2, 0) is 10.8 Å². The van der Waals surface area contributed by atoms with Gasteiger partial charge in [0.05, 0.1) is 0 Å². The number of aromatic hydroxyl groups is 1. The molecule has 0 saturated carbocycles. The molecule has 0 saturated heterocycles. The minimum Gasteiger partial charge on any atom is -0.507 e. The van der Waals surface area contributed by atoms with Crippen LogP contribution in [0.3, 0.4) is 0 Å². The zero-order chi connectivity index (χ0) is 17.7. The first-order valence-electron chi connectivity index (χ1n) is 9.37. The molecule has 0 aliphatic heterocycles. The predicted octanol–water partition coefficient (Wildman–Crippen LogP) is 6.51. The van der Waals surface area contributed by atoms with E-state index in [1.807, 2.05) is 0 Å². The maximum Gasteiger partial charge on any atom is 0.123 e. The van der Waals surface area contributed by atoms with Crippen molar-refractivity contribution in [3.05, 3.63) is 52.1 Å². The average molecular weight is 325 g/mol. The van der Waals surface area contributed by atoms with E-state index < -0.39 is 0 Å². The van der Waals surface area contributed by atoms with Crippen molar-refractivity contribution in [2.75, 3.05) is 0 Å². The third kappa shape index (κ3) is 3.06. The van der Waals surface area contributed by atoms with E-state index in [0.29, 0.717) is 5.75 Å². The second-order valence-corrected chi connectivity index (χ2v) is 9.56. The van der Waals surface area contributed by atoms with Crippen molar-refractivity contribution in [1.82, 2.24) is 0 Å². The van der Waals surface area contributed by atoms with Gasteiger partial charge in [0.15, 0.2) is 0 Å². The van der Waals surface area contributed by atoms with Crippen LogP contribution in [0.2, 0.25) is 0 Å². The molecule has 0 spiro atoms. The van der Waals surface area contributed by atoms with Crippen molar-refractivity contribution in [3.8, 4) is 5.75 Å². The predicted molar refractivity (Wildman–Crippen MR) is 103 cm³/mol. The lowest BCUT2D eigenvalue weighted by Crippen LogP contribution is -2.18. The highest BCUT2D eigenvalue weighted by Gasteiger charge is 2.31. The van der Waals surface area contributed by atoms with Crippen LogP contribution in [-0.4, -0.2) is 5.11 Å². The minimum atomic E-state index is -0.0633. The van der Waals surface area contributed by atoms with E-state index >= 15 is 0 Å². The van der Waals surface area contributed by atoms with Crippen LogP contribution < -0.4 is 0 Å². The molecular formula is C23H32O. The van der Waals surface area contributed by atoms with Gasteiger partial charge in [-0.15, -0.1) is 0 Å². The van der Waals surface area contributed by atoms with E-state index in [4.69, 9.17) is 0 Å². The van der Waals surface area contributed by atoms with Gasteiger partial charge in [0.1, 0.15) is 5.75 Å². The molecule has 1 nitrogen and oxygen atoms in total. The SMILES string of the molecule is CC(C)(C)c1cc(C2C=CC3=C2CCCC3)c(O)c(C(C)(C)C)c1. The summed E-state index contributed by atoms with van der Waals surface area (Å²) in [5.74, 6) is 0.771. The molecule has 1 aromatic carbocycles. The fourth-order valence-electron chi connectivity index (χ4n) is 4.02. The summed E-state index contributed by atoms with van der Waals surface area (Å²) in [5, 5.41) is 11.1. The maximum atomic E-state index is 11.1. The quantitative estimate of drug-likeness (QED) is 0.624. The Hall–Kier alpha value is -1.50. The van der Waals surface area contributed by atoms with E-state index in [-0.39, 0.29) is 16.7 Å². The molecule has 1 unspecified atom stereocenters. The lowest BCUT2D eigenvalue weighted by molar-refractivity contribution is 0.437. The summed E-state index contributed by atoms with van der Waals surface area (Å²) < 4.78 is 0. The molecule has 3 rings (SSSR count). The number of hydrogen-bond acceptors (Lipinski definition) is 1. The first kappa shape index (κ1) is 17.3. The van der Waals surface area contributed by atoms with Crippen LogP contribution in [0.15, 0.2) is 35.4 Å². The van der Waals surface area contributed by atoms with Crippen LogP contribution in [0.25, 0.3) is 0 Å². The molecule has 130 valence electrons. The Kier molecular flexibility index (Phi) is 4.18. The second-order valence-electron chi connectivity index (χ2n) is 9.56. The number of allylic oxidation sites excluding steroid dienone is 4. The number of phenols is 1. The van der Waals surface area contributed by atoms with Gasteiger partial charge in [-0.25, -0.2) is 0 Å². The molecular weight excluding hydrogens is 292 g/mol. The number of phenolic OH excluding ortho intramolecular Hbond substituents is 1. The second kappa shape index (κ2) is 5.79. The van der Waals surface area contributed by atoms with Crippen molar-refractivity contribution in [3.63, 3.8) is 0 Å². The molecule has 0 aromatic heterocycles. The standard InChI is InChI=1S/C23H32O/c1-22(2,3)16-13-19(21(24)20(14-16)23(4,5)6)18-12-11-15-9-7-8-10-17(15)18/h11-14,18,24H,7-10H2,1-6H3. The van der Waals surface area contributed by atoms with Crippen molar-refractivity contribution in [1.29, 1.82) is 0 Å². The highest BCUT2D eigenvalue weighted by atomic mass is 16.3. The summed E-state index contributed by atoms with van der Waals surface area (Å²) in [6, 6.07) is 4.47. The van der Waals surface area contributed by atoms with Crippen LogP contribution in [0, 0.1) is 0 Å². The fraction of sp³-hybridized carbons (Fsp3) is 0.565. The van der Waals surface area contributed by atoms with Crippen LogP contribution in [0.4, 0.5) is 0 Å². The molecule has 24 heavy (non-hydrogen) atoms. The number of rotatable bonds is 1. The third-order valence-electron chi connectivity index (χ3n) is 5.57. The molecule has 0 amide bonds. The molecule has 2 aliphatic rings. The normalized spacial score (nSPS) is 21.3. The lowest BCUT2D eigenvalue weighted by Gasteiger charge is -2.30. The Morgan fingerprint density at radius 2 is 1.58 bits per heavy atom. The Balaban J connectivity index is 2.17. The van der Waals surface area contributed by atoms with E-state index in [9.17, 15) is 5.11 Å². The number of benzene rings is 1. The van der Waals surface area contributed by atoms with Crippen molar-refractivity contribution in [2.24, 2.45) is 0 Å². The summed E-state index contributed by atoms with van der Waals surface area (Å²) in [6.07, 6.45) is 9.58. The van der Waals surface area contributed by atoms with Crippen LogP contribution in [0.1, 0.15) is 89.8 Å². The Labute approximate surface area is 147 Å². The van der Waals surface area contributed by atoms with Gasteiger partial charge in [-0.2, -0.15) is 0 Å². The smallest absolute Gasteiger partial charge is 0.123 e. The molecule has 2 aliphatic carbocycles. The van der Waals surface area contributed by atoms with E-state index in [1.54, 1.807) is 5.57 Å². The lowest BCUT2D eigenvalue weighted by atomic mass is 9.76.